The number of imidazole rings is 1. The number of aromatic nitrogens is 4. The molecule has 0 spiro atoms. The third-order valence-electron chi connectivity index (χ3n) is 6.60. The van der Waals surface area contributed by atoms with Crippen molar-refractivity contribution >= 4 is 28.7 Å². The lowest BCUT2D eigenvalue weighted by Gasteiger charge is -2.40. The summed E-state index contributed by atoms with van der Waals surface area (Å²) in [6, 6.07) is 6.75. The van der Waals surface area contributed by atoms with Crippen molar-refractivity contribution in [2.45, 2.75) is 12.6 Å². The van der Waals surface area contributed by atoms with Crippen LogP contribution in [0.4, 0.5) is 21.6 Å². The van der Waals surface area contributed by atoms with Gasteiger partial charge in [-0.2, -0.15) is 4.98 Å². The number of morpholine rings is 1. The van der Waals surface area contributed by atoms with Gasteiger partial charge in [0.05, 0.1) is 54.3 Å². The number of hydrogen-bond donors (Lipinski definition) is 2. The summed E-state index contributed by atoms with van der Waals surface area (Å²) in [5.74, 6) is 0.542. The van der Waals surface area contributed by atoms with Crippen molar-refractivity contribution in [3.8, 4) is 17.3 Å². The second kappa shape index (κ2) is 7.64. The molecule has 10 nitrogen and oxygen atoms in total. The van der Waals surface area contributed by atoms with E-state index in [-0.39, 0.29) is 17.8 Å². The largest absolute Gasteiger partial charge is 0.474 e. The number of ether oxygens (including phenoxy) is 2. The molecule has 4 aromatic heterocycles. The molecule has 2 N–H and O–H groups in total. The van der Waals surface area contributed by atoms with Crippen LogP contribution in [0.2, 0.25) is 0 Å². The third kappa shape index (κ3) is 3.19. The number of pyridine rings is 3. The van der Waals surface area contributed by atoms with Gasteiger partial charge in [0.25, 0.3) is 5.91 Å². The van der Waals surface area contributed by atoms with Crippen molar-refractivity contribution in [1.82, 2.24) is 24.7 Å². The minimum atomic E-state index is -0.366. The first-order chi connectivity index (χ1) is 17.2. The van der Waals surface area contributed by atoms with Crippen LogP contribution in [0.1, 0.15) is 15.9 Å². The highest BCUT2D eigenvalue weighted by atomic mass is 19.1. The molecule has 3 aliphatic rings. The molecule has 7 rings (SSSR count). The lowest BCUT2D eigenvalue weighted by atomic mass is 10.1. The fraction of sp³-hybridized carbons (Fsp3) is 0.250. The Labute approximate surface area is 198 Å². The fourth-order valence-electron chi connectivity index (χ4n) is 4.94. The Morgan fingerprint density at radius 2 is 2.11 bits per heavy atom. The van der Waals surface area contributed by atoms with Crippen LogP contribution in [0.25, 0.3) is 17.0 Å². The highest BCUT2D eigenvalue weighted by Gasteiger charge is 2.32. The van der Waals surface area contributed by atoms with Gasteiger partial charge in [-0.15, -0.1) is 0 Å². The Morgan fingerprint density at radius 3 is 3.06 bits per heavy atom. The number of nitrogens with zero attached hydrogens (tertiary/aromatic N) is 5. The van der Waals surface area contributed by atoms with E-state index in [9.17, 15) is 9.18 Å². The van der Waals surface area contributed by atoms with E-state index in [0.29, 0.717) is 66.3 Å². The summed E-state index contributed by atoms with van der Waals surface area (Å²) >= 11 is 0. The van der Waals surface area contributed by atoms with Gasteiger partial charge >= 0.3 is 0 Å². The summed E-state index contributed by atoms with van der Waals surface area (Å²) in [7, 11) is 0. The molecule has 1 saturated heterocycles. The summed E-state index contributed by atoms with van der Waals surface area (Å²) in [5, 5.41) is 6.12. The van der Waals surface area contributed by atoms with Gasteiger partial charge in [0.15, 0.2) is 0 Å². The van der Waals surface area contributed by atoms with E-state index in [1.807, 2.05) is 12.1 Å². The molecule has 0 aliphatic carbocycles. The quantitative estimate of drug-likeness (QED) is 0.468. The van der Waals surface area contributed by atoms with Crippen molar-refractivity contribution in [3.63, 3.8) is 0 Å². The van der Waals surface area contributed by atoms with Gasteiger partial charge in [-0.25, -0.2) is 9.37 Å². The highest BCUT2D eigenvalue weighted by molar-refractivity contribution is 6.05. The first-order valence-electron chi connectivity index (χ1n) is 11.3. The lowest BCUT2D eigenvalue weighted by molar-refractivity contribution is 0.0693. The van der Waals surface area contributed by atoms with Gasteiger partial charge in [-0.05, 0) is 18.2 Å². The number of carbonyl (C=O) groups excluding carboxylic acids is 1. The normalized spacial score (nSPS) is 18.5. The molecule has 176 valence electrons. The molecule has 1 fully saturated rings. The van der Waals surface area contributed by atoms with Crippen molar-refractivity contribution < 1.29 is 18.7 Å². The summed E-state index contributed by atoms with van der Waals surface area (Å²) in [4.78, 5) is 28.6. The first-order valence-corrected chi connectivity index (χ1v) is 11.3. The number of hydrogen-bond acceptors (Lipinski definition) is 8. The average Bonchev–Trinajstić information content (AvgIpc) is 3.48. The van der Waals surface area contributed by atoms with Gasteiger partial charge in [0.1, 0.15) is 29.6 Å². The van der Waals surface area contributed by atoms with Crippen molar-refractivity contribution in [1.29, 1.82) is 0 Å². The summed E-state index contributed by atoms with van der Waals surface area (Å²) in [6.07, 6.45) is 4.85. The zero-order valence-electron chi connectivity index (χ0n) is 18.5. The molecular weight excluding hydrogens is 453 g/mol. The Balaban J connectivity index is 1.25. The molecule has 4 aromatic rings. The van der Waals surface area contributed by atoms with Gasteiger partial charge in [0.2, 0.25) is 5.88 Å². The lowest BCUT2D eigenvalue weighted by Crippen LogP contribution is -2.51. The van der Waals surface area contributed by atoms with Gasteiger partial charge in [0, 0.05) is 30.9 Å². The molecule has 0 bridgehead atoms. The maximum absolute atomic E-state index is 13.6. The molecule has 0 radical (unpaired) electrons. The van der Waals surface area contributed by atoms with Crippen LogP contribution in [0, 0.1) is 5.82 Å². The SMILES string of the molecule is O=C1NCc2c(-c3cnc4cc(F)ccn34)ncc(Nc3ccc4c(n3)OC[C@@H]3COCCN43)c21. The molecule has 0 unspecified atom stereocenters. The predicted molar refractivity (Wildman–Crippen MR) is 125 cm³/mol. The molecular formula is C24H20FN7O3. The Bertz CT molecular complexity index is 1500. The molecule has 1 atom stereocenters. The minimum Gasteiger partial charge on any atom is -0.474 e. The summed E-state index contributed by atoms with van der Waals surface area (Å²) < 4.78 is 26.8. The number of carbonyl (C=O) groups is 1. The van der Waals surface area contributed by atoms with E-state index < -0.39 is 0 Å². The number of amides is 1. The summed E-state index contributed by atoms with van der Waals surface area (Å²) in [6.45, 7) is 2.96. The van der Waals surface area contributed by atoms with Crippen molar-refractivity contribution in [3.05, 3.63) is 59.8 Å². The smallest absolute Gasteiger partial charge is 0.254 e. The van der Waals surface area contributed by atoms with Crippen LogP contribution >= 0.6 is 0 Å². The zero-order chi connectivity index (χ0) is 23.5. The molecule has 35 heavy (non-hydrogen) atoms. The Kier molecular flexibility index (Phi) is 4.40. The third-order valence-corrected chi connectivity index (χ3v) is 6.60. The molecule has 1 amide bonds. The molecule has 0 saturated carbocycles. The van der Waals surface area contributed by atoms with Gasteiger partial charge < -0.3 is 25.0 Å². The van der Waals surface area contributed by atoms with Crippen LogP contribution in [0.3, 0.4) is 0 Å². The zero-order valence-corrected chi connectivity index (χ0v) is 18.5. The van der Waals surface area contributed by atoms with Crippen LogP contribution in [0.15, 0.2) is 42.9 Å². The fourth-order valence-corrected chi connectivity index (χ4v) is 4.94. The molecule has 7 heterocycles. The molecule has 3 aliphatic heterocycles. The monoisotopic (exact) mass is 473 g/mol. The van der Waals surface area contributed by atoms with E-state index in [4.69, 9.17) is 9.47 Å². The number of anilines is 3. The molecule has 11 heteroatoms. The van der Waals surface area contributed by atoms with Crippen LogP contribution in [-0.4, -0.2) is 57.7 Å². The molecule has 0 aromatic carbocycles. The average molecular weight is 473 g/mol. The summed E-state index contributed by atoms with van der Waals surface area (Å²) in [5.41, 5.74) is 4.50. The number of halogens is 1. The first kappa shape index (κ1) is 20.2. The van der Waals surface area contributed by atoms with Crippen molar-refractivity contribution in [2.24, 2.45) is 0 Å². The van der Waals surface area contributed by atoms with E-state index in [0.717, 1.165) is 17.8 Å². The maximum Gasteiger partial charge on any atom is 0.254 e. The van der Waals surface area contributed by atoms with E-state index in [1.54, 1.807) is 23.0 Å². The standard InChI is InChI=1S/C24H20FN7O3/c25-13-3-4-32-18(10-26-20(32)7-13)22-15-8-28-23(33)21(15)16(9-27-22)29-19-2-1-17-24(30-19)35-12-14-11-34-6-5-31(14)17/h1-4,7,9-10,14H,5-6,8,11-12H2,(H,28,33)(H,29,30)/t14-/m0/s1. The predicted octanol–water partition coefficient (Wildman–Crippen LogP) is 2.52. The topological polar surface area (TPSA) is 106 Å². The van der Waals surface area contributed by atoms with Crippen LogP contribution in [-0.2, 0) is 11.3 Å². The number of rotatable bonds is 3. The van der Waals surface area contributed by atoms with Crippen LogP contribution < -0.4 is 20.3 Å². The van der Waals surface area contributed by atoms with E-state index in [2.05, 4.69) is 30.5 Å². The van der Waals surface area contributed by atoms with Gasteiger partial charge in [-0.3, -0.25) is 14.2 Å². The Morgan fingerprint density at radius 1 is 1.17 bits per heavy atom. The minimum absolute atomic E-state index is 0.191. The maximum atomic E-state index is 13.6. The number of nitrogens with one attached hydrogen (secondary N) is 2. The second-order valence-electron chi connectivity index (χ2n) is 8.65. The second-order valence-corrected chi connectivity index (χ2v) is 8.65. The highest BCUT2D eigenvalue weighted by Crippen LogP contribution is 2.37. The Hall–Kier alpha value is -4.25. The van der Waals surface area contributed by atoms with Crippen LogP contribution in [0.5, 0.6) is 5.88 Å². The number of fused-ring (bicyclic) bond motifs is 5. The van der Waals surface area contributed by atoms with Gasteiger partial charge in [-0.1, -0.05) is 0 Å². The van der Waals surface area contributed by atoms with E-state index in [1.165, 1.54) is 12.1 Å². The van der Waals surface area contributed by atoms with Crippen molar-refractivity contribution in [2.75, 3.05) is 36.6 Å². The van der Waals surface area contributed by atoms with E-state index >= 15 is 0 Å².